The second-order valence-electron chi connectivity index (χ2n) is 7.84. The third-order valence-corrected chi connectivity index (χ3v) is 5.73. The van der Waals surface area contributed by atoms with Gasteiger partial charge in [-0.25, -0.2) is 9.59 Å². The van der Waals surface area contributed by atoms with Crippen molar-refractivity contribution in [2.45, 2.75) is 60.5 Å². The zero-order chi connectivity index (χ0) is 23.4. The number of nitrogens with zero attached hydrogens (tertiary/aromatic N) is 2. The number of urea groups is 2. The van der Waals surface area contributed by atoms with Crippen LogP contribution in [-0.2, 0) is 0 Å². The van der Waals surface area contributed by atoms with E-state index in [2.05, 4.69) is 72.6 Å². The largest absolute Gasteiger partial charge is 0.336 e. The fourth-order valence-electron chi connectivity index (χ4n) is 3.61. The van der Waals surface area contributed by atoms with Gasteiger partial charge in [-0.2, -0.15) is 0 Å². The summed E-state index contributed by atoms with van der Waals surface area (Å²) in [5, 5.41) is 11.6. The molecule has 0 fully saturated rings. The quantitative estimate of drug-likeness (QED) is 0.404. The predicted molar refractivity (Wildman–Crippen MR) is 130 cm³/mol. The van der Waals surface area contributed by atoms with Crippen LogP contribution < -0.4 is 21.3 Å². The summed E-state index contributed by atoms with van der Waals surface area (Å²) in [5.74, 6) is 0. The molecule has 0 aliphatic rings. The molecular weight excluding hydrogens is 392 g/mol. The third kappa shape index (κ3) is 9.14. The Hall–Kier alpha value is -2.32. The van der Waals surface area contributed by atoms with Gasteiger partial charge in [0, 0.05) is 36.5 Å². The highest BCUT2D eigenvalue weighted by Gasteiger charge is 2.13. The monoisotopic (exact) mass is 434 g/mol. The maximum Gasteiger partial charge on any atom is 0.319 e. The van der Waals surface area contributed by atoms with Crippen molar-refractivity contribution in [2.75, 3.05) is 49.9 Å². The molecule has 0 heterocycles. The minimum absolute atomic E-state index is 0.253. The van der Waals surface area contributed by atoms with Gasteiger partial charge in [-0.15, -0.1) is 0 Å². The number of anilines is 2. The molecule has 8 heteroatoms. The smallest absolute Gasteiger partial charge is 0.319 e. The molecule has 4 amide bonds. The van der Waals surface area contributed by atoms with Gasteiger partial charge in [-0.05, 0) is 64.6 Å². The van der Waals surface area contributed by atoms with Gasteiger partial charge in [0.25, 0.3) is 0 Å². The van der Waals surface area contributed by atoms with Gasteiger partial charge in [0.2, 0.25) is 0 Å². The summed E-state index contributed by atoms with van der Waals surface area (Å²) in [6, 6.07) is 5.49. The van der Waals surface area contributed by atoms with Gasteiger partial charge in [-0.1, -0.05) is 33.8 Å². The molecule has 31 heavy (non-hydrogen) atoms. The zero-order valence-electron chi connectivity index (χ0n) is 20.3. The third-order valence-electron chi connectivity index (χ3n) is 5.73. The highest BCUT2D eigenvalue weighted by Crippen LogP contribution is 2.20. The average Bonchev–Trinajstić information content (AvgIpc) is 2.75. The van der Waals surface area contributed by atoms with Crippen molar-refractivity contribution in [1.29, 1.82) is 0 Å². The van der Waals surface area contributed by atoms with E-state index < -0.39 is 0 Å². The Bertz CT molecular complexity index is 689. The number of nitrogens with one attached hydrogen (secondary N) is 4. The number of hydrogen-bond donors (Lipinski definition) is 4. The molecule has 0 saturated carbocycles. The van der Waals surface area contributed by atoms with Crippen LogP contribution >= 0.6 is 0 Å². The van der Waals surface area contributed by atoms with Crippen LogP contribution in [0.25, 0.3) is 0 Å². The van der Waals surface area contributed by atoms with E-state index in [0.717, 1.165) is 31.7 Å². The zero-order valence-corrected chi connectivity index (χ0v) is 20.3. The van der Waals surface area contributed by atoms with Gasteiger partial charge < -0.3 is 21.3 Å². The van der Waals surface area contributed by atoms with Gasteiger partial charge in [0.1, 0.15) is 0 Å². The summed E-state index contributed by atoms with van der Waals surface area (Å²) in [6.45, 7) is 19.5. The number of likely N-dealkylation sites (N-methyl/N-ethyl adjacent to an activating group) is 2. The van der Waals surface area contributed by atoms with Crippen LogP contribution in [-0.4, -0.2) is 73.2 Å². The second-order valence-corrected chi connectivity index (χ2v) is 7.84. The molecule has 0 saturated heterocycles. The topological polar surface area (TPSA) is 88.7 Å². The first-order valence-electron chi connectivity index (χ1n) is 11.4. The first-order chi connectivity index (χ1) is 14.7. The lowest BCUT2D eigenvalue weighted by Crippen LogP contribution is -2.43. The number of aryl methyl sites for hydroxylation is 1. The van der Waals surface area contributed by atoms with E-state index in [1.807, 2.05) is 19.1 Å². The number of carbonyl (C=O) groups excluding carboxylic acids is 2. The molecule has 1 rings (SSSR count). The van der Waals surface area contributed by atoms with Crippen LogP contribution in [0.3, 0.4) is 0 Å². The summed E-state index contributed by atoms with van der Waals surface area (Å²) in [7, 11) is 0. The summed E-state index contributed by atoms with van der Waals surface area (Å²) in [6.07, 6.45) is 0. The van der Waals surface area contributed by atoms with Crippen molar-refractivity contribution in [3.05, 3.63) is 23.8 Å². The first-order valence-corrected chi connectivity index (χ1v) is 11.4. The van der Waals surface area contributed by atoms with E-state index in [0.29, 0.717) is 24.5 Å². The Morgan fingerprint density at radius 2 is 1.26 bits per heavy atom. The van der Waals surface area contributed by atoms with Crippen LogP contribution in [0.1, 0.15) is 47.1 Å². The Morgan fingerprint density at radius 3 is 1.71 bits per heavy atom. The molecule has 0 spiro atoms. The van der Waals surface area contributed by atoms with Crippen molar-refractivity contribution in [3.63, 3.8) is 0 Å². The van der Waals surface area contributed by atoms with E-state index in [-0.39, 0.29) is 24.1 Å². The predicted octanol–water partition coefficient (Wildman–Crippen LogP) is 3.70. The molecular formula is C23H42N6O2. The Morgan fingerprint density at radius 1 is 0.806 bits per heavy atom. The lowest BCUT2D eigenvalue weighted by molar-refractivity contribution is 0.219. The molecule has 0 radical (unpaired) electrons. The Labute approximate surface area is 188 Å². The van der Waals surface area contributed by atoms with E-state index in [1.165, 1.54) is 0 Å². The lowest BCUT2D eigenvalue weighted by Gasteiger charge is -2.26. The average molecular weight is 435 g/mol. The van der Waals surface area contributed by atoms with Gasteiger partial charge in [-0.3, -0.25) is 9.80 Å². The SMILES string of the molecule is CCN(CC)[C@@H](C)CNC(=O)Nc1ccc(C)c(NC(=O)NC[C@H](C)N(CC)CC)c1. The summed E-state index contributed by atoms with van der Waals surface area (Å²) in [5.41, 5.74) is 2.22. The maximum absolute atomic E-state index is 12.4. The van der Waals surface area contributed by atoms with E-state index in [9.17, 15) is 9.59 Å². The van der Waals surface area contributed by atoms with Crippen molar-refractivity contribution in [3.8, 4) is 0 Å². The van der Waals surface area contributed by atoms with Crippen LogP contribution in [0.15, 0.2) is 18.2 Å². The number of benzene rings is 1. The van der Waals surface area contributed by atoms with Crippen LogP contribution in [0.5, 0.6) is 0 Å². The summed E-state index contributed by atoms with van der Waals surface area (Å²) in [4.78, 5) is 29.2. The molecule has 1 aromatic rings. The second kappa shape index (κ2) is 13.9. The maximum atomic E-state index is 12.4. The fraction of sp³-hybridized carbons (Fsp3) is 0.652. The van der Waals surface area contributed by atoms with Crippen LogP contribution in [0.2, 0.25) is 0 Å². The first kappa shape index (κ1) is 26.7. The number of carbonyl (C=O) groups is 2. The molecule has 0 aromatic heterocycles. The standard InChI is InChI=1S/C23H42N6O2/c1-8-28(9-2)18(6)15-24-22(30)26-20-13-12-17(5)21(14-20)27-23(31)25-16-19(7)29(10-3)11-4/h12-14,18-19H,8-11,15-16H2,1-7H3,(H2,24,26,30)(H2,25,27,31)/t18-,19-/m0/s1. The van der Waals surface area contributed by atoms with Crippen molar-refractivity contribution < 1.29 is 9.59 Å². The molecule has 2 atom stereocenters. The summed E-state index contributed by atoms with van der Waals surface area (Å²) >= 11 is 0. The summed E-state index contributed by atoms with van der Waals surface area (Å²) < 4.78 is 0. The van der Waals surface area contributed by atoms with Crippen LogP contribution in [0, 0.1) is 6.92 Å². The van der Waals surface area contributed by atoms with E-state index in [1.54, 1.807) is 6.07 Å². The van der Waals surface area contributed by atoms with Crippen molar-refractivity contribution in [1.82, 2.24) is 20.4 Å². The number of rotatable bonds is 12. The molecule has 0 unspecified atom stereocenters. The van der Waals surface area contributed by atoms with Gasteiger partial charge >= 0.3 is 12.1 Å². The van der Waals surface area contributed by atoms with Crippen molar-refractivity contribution >= 4 is 23.4 Å². The number of hydrogen-bond acceptors (Lipinski definition) is 4. The van der Waals surface area contributed by atoms with E-state index in [4.69, 9.17) is 0 Å². The molecule has 0 bridgehead atoms. The molecule has 1 aromatic carbocycles. The minimum Gasteiger partial charge on any atom is -0.336 e. The molecule has 176 valence electrons. The fourth-order valence-corrected chi connectivity index (χ4v) is 3.61. The normalized spacial score (nSPS) is 13.1. The number of amides is 4. The molecule has 8 nitrogen and oxygen atoms in total. The Kier molecular flexibility index (Phi) is 12.0. The molecule has 4 N–H and O–H groups in total. The van der Waals surface area contributed by atoms with Crippen LogP contribution in [0.4, 0.5) is 21.0 Å². The van der Waals surface area contributed by atoms with Crippen molar-refractivity contribution in [2.24, 2.45) is 0 Å². The van der Waals surface area contributed by atoms with E-state index >= 15 is 0 Å². The lowest BCUT2D eigenvalue weighted by atomic mass is 10.2. The highest BCUT2D eigenvalue weighted by atomic mass is 16.2. The molecule has 0 aliphatic carbocycles. The van der Waals surface area contributed by atoms with Gasteiger partial charge in [0.05, 0.1) is 0 Å². The highest BCUT2D eigenvalue weighted by molar-refractivity contribution is 5.93. The Balaban J connectivity index is 2.60. The minimum atomic E-state index is -0.258. The molecule has 0 aliphatic heterocycles. The van der Waals surface area contributed by atoms with Gasteiger partial charge in [0.15, 0.2) is 0 Å².